The Labute approximate surface area is 146 Å². The third-order valence-electron chi connectivity index (χ3n) is 5.06. The second kappa shape index (κ2) is 6.88. The van der Waals surface area contributed by atoms with Crippen molar-refractivity contribution < 1.29 is 18.7 Å². The van der Waals surface area contributed by atoms with Crippen molar-refractivity contribution in [3.05, 3.63) is 48.0 Å². The van der Waals surface area contributed by atoms with Crippen molar-refractivity contribution >= 4 is 5.91 Å². The zero-order valence-corrected chi connectivity index (χ0v) is 14.3. The number of aromatic nitrogens is 1. The molecule has 4 rings (SSSR count). The lowest BCUT2D eigenvalue weighted by Gasteiger charge is -2.37. The number of carbonyl (C=O) groups excluding carboxylic acids is 1. The third-order valence-corrected chi connectivity index (χ3v) is 5.06. The van der Waals surface area contributed by atoms with Gasteiger partial charge < -0.3 is 18.8 Å². The highest BCUT2D eigenvalue weighted by atomic mass is 16.5. The van der Waals surface area contributed by atoms with E-state index < -0.39 is 0 Å². The van der Waals surface area contributed by atoms with E-state index in [0.29, 0.717) is 37.3 Å². The van der Waals surface area contributed by atoms with Gasteiger partial charge in [-0.05, 0) is 37.8 Å². The number of furan rings is 1. The molecule has 6 heteroatoms. The Balaban J connectivity index is 1.42. The van der Waals surface area contributed by atoms with E-state index in [9.17, 15) is 4.79 Å². The molecule has 1 aliphatic carbocycles. The third kappa shape index (κ3) is 3.26. The summed E-state index contributed by atoms with van der Waals surface area (Å²) in [5.41, 5.74) is 0.876. The standard InChI is InChI=1S/C19H22N2O4/c1-13-5-8-24-18(13)19(22)21-7-9-23-16-11-14(10-15(16)21)12-25-17-4-2-3-6-20-17/h2-6,8,14-16H,7,9-12H2,1H3. The van der Waals surface area contributed by atoms with Crippen LogP contribution in [0.15, 0.2) is 41.1 Å². The molecule has 1 aliphatic heterocycles. The van der Waals surface area contributed by atoms with Crippen LogP contribution < -0.4 is 4.74 Å². The molecule has 2 aromatic rings. The SMILES string of the molecule is Cc1ccoc1C(=O)N1CCOC2CC(COc3ccccn3)CC21. The normalized spacial score (nSPS) is 25.6. The Morgan fingerprint density at radius 2 is 2.28 bits per heavy atom. The van der Waals surface area contributed by atoms with Crippen molar-refractivity contribution in [3.8, 4) is 5.88 Å². The van der Waals surface area contributed by atoms with E-state index in [-0.39, 0.29) is 18.1 Å². The van der Waals surface area contributed by atoms with E-state index >= 15 is 0 Å². The van der Waals surface area contributed by atoms with Gasteiger partial charge in [-0.15, -0.1) is 0 Å². The average molecular weight is 342 g/mol. The van der Waals surface area contributed by atoms with Gasteiger partial charge in [0.1, 0.15) is 0 Å². The first-order chi connectivity index (χ1) is 12.2. The van der Waals surface area contributed by atoms with Gasteiger partial charge in [0.15, 0.2) is 5.76 Å². The fraction of sp³-hybridized carbons (Fsp3) is 0.474. The van der Waals surface area contributed by atoms with Crippen LogP contribution in [0.25, 0.3) is 0 Å². The molecule has 3 atom stereocenters. The smallest absolute Gasteiger partial charge is 0.290 e. The van der Waals surface area contributed by atoms with Crippen molar-refractivity contribution in [2.75, 3.05) is 19.8 Å². The summed E-state index contributed by atoms with van der Waals surface area (Å²) in [4.78, 5) is 18.9. The Bertz CT molecular complexity index is 730. The number of aryl methyl sites for hydroxylation is 1. The molecule has 1 saturated carbocycles. The largest absolute Gasteiger partial charge is 0.477 e. The molecule has 0 bridgehead atoms. The highest BCUT2D eigenvalue weighted by molar-refractivity contribution is 5.93. The van der Waals surface area contributed by atoms with Crippen LogP contribution in [0, 0.1) is 12.8 Å². The molecule has 0 spiro atoms. The van der Waals surface area contributed by atoms with Crippen LogP contribution in [-0.4, -0.2) is 47.7 Å². The molecule has 6 nitrogen and oxygen atoms in total. The summed E-state index contributed by atoms with van der Waals surface area (Å²) in [5, 5.41) is 0. The molecule has 132 valence electrons. The molecule has 0 radical (unpaired) electrons. The van der Waals surface area contributed by atoms with Crippen LogP contribution >= 0.6 is 0 Å². The topological polar surface area (TPSA) is 64.8 Å². The van der Waals surface area contributed by atoms with Crippen LogP contribution in [0.4, 0.5) is 0 Å². The van der Waals surface area contributed by atoms with Gasteiger partial charge in [-0.3, -0.25) is 4.79 Å². The highest BCUT2D eigenvalue weighted by Crippen LogP contribution is 2.35. The van der Waals surface area contributed by atoms with Crippen LogP contribution in [0.1, 0.15) is 29.0 Å². The number of hydrogen-bond donors (Lipinski definition) is 0. The summed E-state index contributed by atoms with van der Waals surface area (Å²) in [7, 11) is 0. The van der Waals surface area contributed by atoms with E-state index in [2.05, 4.69) is 4.98 Å². The Kier molecular flexibility index (Phi) is 4.44. The van der Waals surface area contributed by atoms with Gasteiger partial charge >= 0.3 is 0 Å². The van der Waals surface area contributed by atoms with Crippen LogP contribution in [0.3, 0.4) is 0 Å². The van der Waals surface area contributed by atoms with Crippen LogP contribution in [0.5, 0.6) is 5.88 Å². The van der Waals surface area contributed by atoms with Gasteiger partial charge in [0.05, 0.1) is 31.6 Å². The van der Waals surface area contributed by atoms with E-state index in [0.717, 1.165) is 18.4 Å². The Morgan fingerprint density at radius 1 is 1.36 bits per heavy atom. The van der Waals surface area contributed by atoms with E-state index in [1.165, 1.54) is 0 Å². The summed E-state index contributed by atoms with van der Waals surface area (Å²) in [5.74, 6) is 1.39. The minimum Gasteiger partial charge on any atom is -0.477 e. The molecule has 3 heterocycles. The quantitative estimate of drug-likeness (QED) is 0.855. The number of hydrogen-bond acceptors (Lipinski definition) is 5. The lowest BCUT2D eigenvalue weighted by atomic mass is 10.1. The fourth-order valence-corrected chi connectivity index (χ4v) is 3.80. The molecule has 2 fully saturated rings. The number of ether oxygens (including phenoxy) is 2. The summed E-state index contributed by atoms with van der Waals surface area (Å²) in [6.07, 6.45) is 5.14. The predicted octanol–water partition coefficient (Wildman–Crippen LogP) is 2.68. The second-order valence-corrected chi connectivity index (χ2v) is 6.72. The number of pyridine rings is 1. The van der Waals surface area contributed by atoms with Crippen LogP contribution in [-0.2, 0) is 4.74 Å². The van der Waals surface area contributed by atoms with Crippen molar-refractivity contribution in [1.29, 1.82) is 0 Å². The molecule has 2 aliphatic rings. The van der Waals surface area contributed by atoms with Gasteiger partial charge in [0.25, 0.3) is 5.91 Å². The van der Waals surface area contributed by atoms with Crippen molar-refractivity contribution in [3.63, 3.8) is 0 Å². The van der Waals surface area contributed by atoms with Crippen molar-refractivity contribution in [1.82, 2.24) is 9.88 Å². The van der Waals surface area contributed by atoms with Gasteiger partial charge in [-0.25, -0.2) is 4.98 Å². The van der Waals surface area contributed by atoms with E-state index in [4.69, 9.17) is 13.9 Å². The van der Waals surface area contributed by atoms with Gasteiger partial charge in [0.2, 0.25) is 5.88 Å². The fourth-order valence-electron chi connectivity index (χ4n) is 3.80. The second-order valence-electron chi connectivity index (χ2n) is 6.72. The molecule has 1 saturated heterocycles. The maximum atomic E-state index is 12.8. The molecule has 25 heavy (non-hydrogen) atoms. The van der Waals surface area contributed by atoms with Gasteiger partial charge in [-0.2, -0.15) is 0 Å². The first kappa shape index (κ1) is 16.1. The van der Waals surface area contributed by atoms with Crippen molar-refractivity contribution in [2.24, 2.45) is 5.92 Å². The van der Waals surface area contributed by atoms with Crippen LogP contribution in [0.2, 0.25) is 0 Å². The monoisotopic (exact) mass is 342 g/mol. The van der Waals surface area contributed by atoms with Crippen molar-refractivity contribution in [2.45, 2.75) is 31.9 Å². The maximum absolute atomic E-state index is 12.8. The Morgan fingerprint density at radius 3 is 3.04 bits per heavy atom. The summed E-state index contributed by atoms with van der Waals surface area (Å²) in [6, 6.07) is 7.54. The zero-order chi connectivity index (χ0) is 17.2. The first-order valence-corrected chi connectivity index (χ1v) is 8.73. The average Bonchev–Trinajstić information content (AvgIpc) is 3.25. The molecule has 0 N–H and O–H groups in total. The number of nitrogens with zero attached hydrogens (tertiary/aromatic N) is 2. The van der Waals surface area contributed by atoms with E-state index in [1.807, 2.05) is 36.1 Å². The zero-order valence-electron chi connectivity index (χ0n) is 14.3. The minimum absolute atomic E-state index is 0.0351. The number of fused-ring (bicyclic) bond motifs is 1. The first-order valence-electron chi connectivity index (χ1n) is 8.73. The van der Waals surface area contributed by atoms with Gasteiger partial charge in [0, 0.05) is 24.4 Å². The molecule has 2 aromatic heterocycles. The molecule has 3 unspecified atom stereocenters. The Hall–Kier alpha value is -2.34. The summed E-state index contributed by atoms with van der Waals surface area (Å²) < 4.78 is 17.1. The number of carbonyl (C=O) groups is 1. The lowest BCUT2D eigenvalue weighted by Crippen LogP contribution is -2.51. The lowest BCUT2D eigenvalue weighted by molar-refractivity contribution is -0.0457. The number of rotatable bonds is 4. The predicted molar refractivity (Wildman–Crippen MR) is 90.5 cm³/mol. The summed E-state index contributed by atoms with van der Waals surface area (Å²) >= 11 is 0. The minimum atomic E-state index is -0.0351. The van der Waals surface area contributed by atoms with Gasteiger partial charge in [-0.1, -0.05) is 6.07 Å². The maximum Gasteiger partial charge on any atom is 0.290 e. The summed E-state index contributed by atoms with van der Waals surface area (Å²) in [6.45, 7) is 3.66. The molecular formula is C19H22N2O4. The highest BCUT2D eigenvalue weighted by Gasteiger charge is 2.43. The number of amides is 1. The molecule has 0 aromatic carbocycles. The number of morpholine rings is 1. The molecular weight excluding hydrogens is 320 g/mol. The van der Waals surface area contributed by atoms with E-state index in [1.54, 1.807) is 12.5 Å². The molecule has 1 amide bonds.